The smallest absolute Gasteiger partial charge is 0.241 e. The molecule has 0 aromatic heterocycles. The highest BCUT2D eigenvalue weighted by Crippen LogP contribution is 2.23. The molecule has 2 aromatic carbocycles. The number of hydrogen-bond donors (Lipinski definition) is 2. The molecule has 0 aliphatic rings. The normalized spacial score (nSPS) is 13.5. The van der Waals surface area contributed by atoms with Crippen molar-refractivity contribution >= 4 is 23.2 Å². The fourth-order valence-electron chi connectivity index (χ4n) is 2.27. The van der Waals surface area contributed by atoms with Gasteiger partial charge in [0.05, 0.1) is 6.04 Å². The van der Waals surface area contributed by atoms with Gasteiger partial charge in [-0.2, -0.15) is 0 Å². The zero-order chi connectivity index (χ0) is 16.1. The van der Waals surface area contributed by atoms with Crippen molar-refractivity contribution in [1.29, 1.82) is 0 Å². The lowest BCUT2D eigenvalue weighted by Crippen LogP contribution is -2.39. The van der Waals surface area contributed by atoms with Crippen molar-refractivity contribution in [3.8, 4) is 0 Å². The Morgan fingerprint density at radius 2 is 1.73 bits per heavy atom. The molecule has 1 amide bonds. The summed E-state index contributed by atoms with van der Waals surface area (Å²) >= 11 is 6.07. The van der Waals surface area contributed by atoms with Gasteiger partial charge in [-0.05, 0) is 44.0 Å². The first-order valence-electron chi connectivity index (χ1n) is 7.36. The molecule has 0 heterocycles. The van der Waals surface area contributed by atoms with E-state index in [-0.39, 0.29) is 18.0 Å². The zero-order valence-electron chi connectivity index (χ0n) is 13.1. The van der Waals surface area contributed by atoms with Gasteiger partial charge in [0, 0.05) is 16.8 Å². The van der Waals surface area contributed by atoms with E-state index in [9.17, 15) is 4.79 Å². The lowest BCUT2D eigenvalue weighted by molar-refractivity contribution is -0.117. The Bertz CT molecular complexity index is 643. The summed E-state index contributed by atoms with van der Waals surface area (Å²) in [6.07, 6.45) is 0. The fourth-order valence-corrected chi connectivity index (χ4v) is 2.45. The standard InChI is InChI=1S/C18H21ClN2O/c1-12-16(19)10-7-11-17(12)21-18(22)14(3)20-13(2)15-8-5-4-6-9-15/h4-11,13-14,20H,1-3H3,(H,21,22)/t13-,14-/m0/s1. The van der Waals surface area contributed by atoms with Gasteiger partial charge >= 0.3 is 0 Å². The van der Waals surface area contributed by atoms with Gasteiger partial charge in [0.2, 0.25) is 5.91 Å². The molecule has 2 rings (SSSR count). The molecule has 4 heteroatoms. The fraction of sp³-hybridized carbons (Fsp3) is 0.278. The summed E-state index contributed by atoms with van der Waals surface area (Å²) in [6, 6.07) is 15.3. The molecule has 0 unspecified atom stereocenters. The molecule has 2 N–H and O–H groups in total. The van der Waals surface area contributed by atoms with E-state index in [1.807, 2.05) is 69.3 Å². The van der Waals surface area contributed by atoms with Crippen LogP contribution in [0.4, 0.5) is 5.69 Å². The number of hydrogen-bond acceptors (Lipinski definition) is 2. The monoisotopic (exact) mass is 316 g/mol. The summed E-state index contributed by atoms with van der Waals surface area (Å²) < 4.78 is 0. The molecule has 0 fully saturated rings. The summed E-state index contributed by atoms with van der Waals surface area (Å²) in [7, 11) is 0. The molecule has 116 valence electrons. The number of benzene rings is 2. The van der Waals surface area contributed by atoms with Gasteiger partial charge < -0.3 is 5.32 Å². The number of halogens is 1. The van der Waals surface area contributed by atoms with Crippen molar-refractivity contribution in [2.24, 2.45) is 0 Å². The minimum atomic E-state index is -0.311. The Hall–Kier alpha value is -1.84. The van der Waals surface area contributed by atoms with Crippen LogP contribution in [0.5, 0.6) is 0 Å². The Morgan fingerprint density at radius 3 is 2.41 bits per heavy atom. The van der Waals surface area contributed by atoms with Gasteiger partial charge in [0.1, 0.15) is 0 Å². The molecule has 0 aliphatic heterocycles. The number of anilines is 1. The second-order valence-electron chi connectivity index (χ2n) is 5.42. The van der Waals surface area contributed by atoms with E-state index in [0.29, 0.717) is 5.02 Å². The number of carbonyl (C=O) groups is 1. The molecule has 0 saturated carbocycles. The van der Waals surface area contributed by atoms with Crippen molar-refractivity contribution in [3.05, 3.63) is 64.7 Å². The van der Waals surface area contributed by atoms with Crippen LogP contribution in [0.25, 0.3) is 0 Å². The van der Waals surface area contributed by atoms with Crippen LogP contribution in [0.2, 0.25) is 5.02 Å². The summed E-state index contributed by atoms with van der Waals surface area (Å²) in [5, 5.41) is 6.88. The number of nitrogens with one attached hydrogen (secondary N) is 2. The highest BCUT2D eigenvalue weighted by Gasteiger charge is 2.17. The largest absolute Gasteiger partial charge is 0.324 e. The van der Waals surface area contributed by atoms with Crippen molar-refractivity contribution in [2.45, 2.75) is 32.9 Å². The quantitative estimate of drug-likeness (QED) is 0.862. The first kappa shape index (κ1) is 16.5. The van der Waals surface area contributed by atoms with Crippen LogP contribution in [0, 0.1) is 6.92 Å². The molecular weight excluding hydrogens is 296 g/mol. The average Bonchev–Trinajstić information content (AvgIpc) is 2.52. The van der Waals surface area contributed by atoms with E-state index < -0.39 is 0 Å². The third-order valence-corrected chi connectivity index (χ3v) is 4.13. The van der Waals surface area contributed by atoms with Crippen molar-refractivity contribution in [3.63, 3.8) is 0 Å². The van der Waals surface area contributed by atoms with Crippen LogP contribution in [0.15, 0.2) is 48.5 Å². The lowest BCUT2D eigenvalue weighted by atomic mass is 10.1. The summed E-state index contributed by atoms with van der Waals surface area (Å²) in [4.78, 5) is 12.3. The van der Waals surface area contributed by atoms with E-state index in [0.717, 1.165) is 16.8 Å². The van der Waals surface area contributed by atoms with Gasteiger partial charge in [-0.3, -0.25) is 10.1 Å². The lowest BCUT2D eigenvalue weighted by Gasteiger charge is -2.20. The Balaban J connectivity index is 1.99. The van der Waals surface area contributed by atoms with Crippen LogP contribution >= 0.6 is 11.6 Å². The van der Waals surface area contributed by atoms with Crippen LogP contribution in [0.3, 0.4) is 0 Å². The zero-order valence-corrected chi connectivity index (χ0v) is 13.8. The second-order valence-corrected chi connectivity index (χ2v) is 5.83. The summed E-state index contributed by atoms with van der Waals surface area (Å²) in [5.41, 5.74) is 2.78. The van der Waals surface area contributed by atoms with Gasteiger partial charge in [-0.25, -0.2) is 0 Å². The van der Waals surface area contributed by atoms with Gasteiger partial charge in [-0.1, -0.05) is 48.0 Å². The van der Waals surface area contributed by atoms with Crippen LogP contribution in [-0.4, -0.2) is 11.9 Å². The first-order chi connectivity index (χ1) is 10.5. The van der Waals surface area contributed by atoms with Crippen LogP contribution < -0.4 is 10.6 Å². The van der Waals surface area contributed by atoms with E-state index in [1.165, 1.54) is 0 Å². The van der Waals surface area contributed by atoms with Gasteiger partial charge in [0.25, 0.3) is 0 Å². The maximum Gasteiger partial charge on any atom is 0.241 e. The minimum absolute atomic E-state index is 0.0758. The highest BCUT2D eigenvalue weighted by molar-refractivity contribution is 6.31. The van der Waals surface area contributed by atoms with Gasteiger partial charge in [0.15, 0.2) is 0 Å². The third kappa shape index (κ3) is 4.09. The van der Waals surface area contributed by atoms with Crippen LogP contribution in [-0.2, 0) is 4.79 Å². The second kappa shape index (κ2) is 7.43. The van der Waals surface area contributed by atoms with E-state index >= 15 is 0 Å². The van der Waals surface area contributed by atoms with Crippen molar-refractivity contribution in [1.82, 2.24) is 5.32 Å². The predicted octanol–water partition coefficient (Wildman–Crippen LogP) is 4.33. The Labute approximate surface area is 136 Å². The SMILES string of the molecule is Cc1c(Cl)cccc1NC(=O)[C@H](C)N[C@@H](C)c1ccccc1. The molecule has 0 radical (unpaired) electrons. The topological polar surface area (TPSA) is 41.1 Å². The molecule has 3 nitrogen and oxygen atoms in total. The Morgan fingerprint density at radius 1 is 1.05 bits per heavy atom. The van der Waals surface area contributed by atoms with E-state index in [4.69, 9.17) is 11.6 Å². The van der Waals surface area contributed by atoms with E-state index in [2.05, 4.69) is 10.6 Å². The average molecular weight is 317 g/mol. The predicted molar refractivity (Wildman–Crippen MR) is 92.3 cm³/mol. The number of amides is 1. The Kier molecular flexibility index (Phi) is 5.58. The van der Waals surface area contributed by atoms with E-state index in [1.54, 1.807) is 0 Å². The van der Waals surface area contributed by atoms with Crippen molar-refractivity contribution in [2.75, 3.05) is 5.32 Å². The third-order valence-electron chi connectivity index (χ3n) is 3.72. The molecule has 0 aliphatic carbocycles. The molecule has 0 saturated heterocycles. The van der Waals surface area contributed by atoms with Crippen LogP contribution in [0.1, 0.15) is 31.0 Å². The minimum Gasteiger partial charge on any atom is -0.324 e. The summed E-state index contributed by atoms with van der Waals surface area (Å²) in [6.45, 7) is 5.79. The molecular formula is C18H21ClN2O. The maximum atomic E-state index is 12.3. The molecule has 0 spiro atoms. The van der Waals surface area contributed by atoms with Gasteiger partial charge in [-0.15, -0.1) is 0 Å². The number of rotatable bonds is 5. The maximum absolute atomic E-state index is 12.3. The molecule has 22 heavy (non-hydrogen) atoms. The molecule has 2 aromatic rings. The van der Waals surface area contributed by atoms with Crippen molar-refractivity contribution < 1.29 is 4.79 Å². The summed E-state index contributed by atoms with van der Waals surface area (Å²) in [5.74, 6) is -0.0758. The first-order valence-corrected chi connectivity index (χ1v) is 7.74. The number of carbonyl (C=O) groups excluding carboxylic acids is 1. The molecule has 0 bridgehead atoms. The highest BCUT2D eigenvalue weighted by atomic mass is 35.5. The molecule has 2 atom stereocenters.